The quantitative estimate of drug-likeness (QED) is 0.491. The second-order valence-corrected chi connectivity index (χ2v) is 10.4. The Kier molecular flexibility index (Phi) is 9.84. The Bertz CT molecular complexity index is 1090. The lowest BCUT2D eigenvalue weighted by Crippen LogP contribution is -2.52. The number of nitrogens with one attached hydrogen (secondary N) is 1. The van der Waals surface area contributed by atoms with Gasteiger partial charge in [-0.2, -0.15) is 0 Å². The zero-order chi connectivity index (χ0) is 24.8. The van der Waals surface area contributed by atoms with E-state index in [4.69, 9.17) is 34.8 Å². The fraction of sp³-hybridized carbons (Fsp3) is 0.364. The molecular formula is C22H26Cl3N3O4S. The van der Waals surface area contributed by atoms with Gasteiger partial charge >= 0.3 is 0 Å². The van der Waals surface area contributed by atoms with Gasteiger partial charge in [0.25, 0.3) is 0 Å². The highest BCUT2D eigenvalue weighted by molar-refractivity contribution is 7.92. The summed E-state index contributed by atoms with van der Waals surface area (Å²) in [5, 5.41) is 3.55. The summed E-state index contributed by atoms with van der Waals surface area (Å²) in [7, 11) is -3.87. The lowest BCUT2D eigenvalue weighted by molar-refractivity contribution is -0.140. The Balaban J connectivity index is 2.51. The van der Waals surface area contributed by atoms with Gasteiger partial charge in [-0.15, -0.1) is 0 Å². The van der Waals surface area contributed by atoms with Crippen molar-refractivity contribution in [3.63, 3.8) is 0 Å². The Hall–Kier alpha value is -2.00. The van der Waals surface area contributed by atoms with Crippen molar-refractivity contribution < 1.29 is 18.0 Å². The number of para-hydroxylation sites is 1. The van der Waals surface area contributed by atoms with Gasteiger partial charge in [0.05, 0.1) is 17.0 Å². The van der Waals surface area contributed by atoms with Crippen LogP contribution in [0.2, 0.25) is 15.1 Å². The molecule has 0 aliphatic heterocycles. The van der Waals surface area contributed by atoms with Crippen molar-refractivity contribution in [3.05, 3.63) is 63.1 Å². The molecule has 1 atom stereocenters. The molecule has 0 saturated heterocycles. The highest BCUT2D eigenvalue weighted by Gasteiger charge is 2.32. The molecule has 1 N–H and O–H groups in total. The molecule has 0 radical (unpaired) electrons. The number of anilines is 1. The van der Waals surface area contributed by atoms with Crippen molar-refractivity contribution in [2.45, 2.75) is 32.9 Å². The first-order valence-corrected chi connectivity index (χ1v) is 13.2. The number of rotatable bonds is 10. The molecule has 2 aromatic rings. The lowest BCUT2D eigenvalue weighted by atomic mass is 10.1. The third kappa shape index (κ3) is 6.99. The molecule has 2 aromatic carbocycles. The minimum atomic E-state index is -3.87. The molecule has 11 heteroatoms. The average Bonchev–Trinajstić information content (AvgIpc) is 2.74. The van der Waals surface area contributed by atoms with Crippen molar-refractivity contribution in [3.8, 4) is 0 Å². The van der Waals surface area contributed by atoms with Gasteiger partial charge in [0.1, 0.15) is 12.6 Å². The van der Waals surface area contributed by atoms with Crippen LogP contribution in [-0.2, 0) is 26.2 Å². The zero-order valence-electron chi connectivity index (χ0n) is 18.5. The Morgan fingerprint density at radius 2 is 1.55 bits per heavy atom. The molecule has 0 unspecified atom stereocenters. The third-order valence-electron chi connectivity index (χ3n) is 4.93. The van der Waals surface area contributed by atoms with E-state index in [0.29, 0.717) is 28.6 Å². The van der Waals surface area contributed by atoms with Crippen LogP contribution in [0.5, 0.6) is 0 Å². The summed E-state index contributed by atoms with van der Waals surface area (Å²) >= 11 is 18.8. The number of amides is 2. The minimum Gasteiger partial charge on any atom is -0.355 e. The SMILES string of the molecule is CCNC(=O)[C@@H](CC)N(Cc1c(Cl)cccc1Cl)C(=O)CN(c1ccccc1Cl)S(C)(=O)=O. The van der Waals surface area contributed by atoms with Crippen molar-refractivity contribution >= 4 is 62.3 Å². The molecule has 0 bridgehead atoms. The summed E-state index contributed by atoms with van der Waals surface area (Å²) in [6, 6.07) is 10.4. The molecule has 0 fully saturated rings. The van der Waals surface area contributed by atoms with Gasteiger partial charge in [-0.25, -0.2) is 8.42 Å². The molecule has 2 amide bonds. The third-order valence-corrected chi connectivity index (χ3v) is 7.08. The summed E-state index contributed by atoms with van der Waals surface area (Å²) in [6.07, 6.45) is 1.28. The number of carbonyl (C=O) groups is 2. The average molecular weight is 535 g/mol. The summed E-state index contributed by atoms with van der Waals surface area (Å²) in [5.74, 6) is -0.963. The molecule has 7 nitrogen and oxygen atoms in total. The molecule has 180 valence electrons. The van der Waals surface area contributed by atoms with Crippen LogP contribution in [0.25, 0.3) is 0 Å². The number of sulfonamides is 1. The Morgan fingerprint density at radius 1 is 0.970 bits per heavy atom. The number of likely N-dealkylation sites (N-methyl/N-ethyl adjacent to an activating group) is 1. The Labute approximate surface area is 209 Å². The molecule has 0 heterocycles. The maximum Gasteiger partial charge on any atom is 0.244 e. The van der Waals surface area contributed by atoms with Gasteiger partial charge in [-0.1, -0.05) is 59.9 Å². The van der Waals surface area contributed by atoms with E-state index in [9.17, 15) is 18.0 Å². The highest BCUT2D eigenvalue weighted by Crippen LogP contribution is 2.29. The van der Waals surface area contributed by atoms with Gasteiger partial charge in [0.15, 0.2) is 0 Å². The van der Waals surface area contributed by atoms with Gasteiger partial charge < -0.3 is 10.2 Å². The first-order chi connectivity index (χ1) is 15.5. The van der Waals surface area contributed by atoms with E-state index in [1.165, 1.54) is 17.0 Å². The maximum absolute atomic E-state index is 13.5. The maximum atomic E-state index is 13.5. The van der Waals surface area contributed by atoms with Crippen LogP contribution in [0.4, 0.5) is 5.69 Å². The number of hydrogen-bond donors (Lipinski definition) is 1. The topological polar surface area (TPSA) is 86.8 Å². The van der Waals surface area contributed by atoms with Crippen LogP contribution >= 0.6 is 34.8 Å². The van der Waals surface area contributed by atoms with E-state index in [2.05, 4.69) is 5.32 Å². The smallest absolute Gasteiger partial charge is 0.244 e. The van der Waals surface area contributed by atoms with Gasteiger partial charge in [0, 0.05) is 28.7 Å². The molecule has 2 rings (SSSR count). The molecule has 0 saturated carbocycles. The van der Waals surface area contributed by atoms with Crippen LogP contribution in [0.15, 0.2) is 42.5 Å². The lowest BCUT2D eigenvalue weighted by Gasteiger charge is -2.33. The predicted molar refractivity (Wildman–Crippen MR) is 133 cm³/mol. The summed E-state index contributed by atoms with van der Waals surface area (Å²) in [5.41, 5.74) is 0.623. The summed E-state index contributed by atoms with van der Waals surface area (Å²) < 4.78 is 26.0. The number of benzene rings is 2. The molecule has 0 aliphatic rings. The number of nitrogens with zero attached hydrogens (tertiary/aromatic N) is 2. The number of hydrogen-bond acceptors (Lipinski definition) is 4. The van der Waals surface area contributed by atoms with E-state index in [1.54, 1.807) is 44.2 Å². The standard InChI is InChI=1S/C22H26Cl3N3O4S/c1-4-19(22(30)26-5-2)27(13-15-16(23)10-8-11-17(15)24)21(29)14-28(33(3,31)32)20-12-7-6-9-18(20)25/h6-12,19H,4-5,13-14H2,1-3H3,(H,26,30)/t19-/m1/s1. The van der Waals surface area contributed by atoms with Crippen LogP contribution < -0.4 is 9.62 Å². The predicted octanol–water partition coefficient (Wildman–Crippen LogP) is 4.36. The van der Waals surface area contributed by atoms with Gasteiger partial charge in [0.2, 0.25) is 21.8 Å². The Morgan fingerprint density at radius 3 is 2.06 bits per heavy atom. The van der Waals surface area contributed by atoms with E-state index in [1.807, 2.05) is 0 Å². The highest BCUT2D eigenvalue weighted by atomic mass is 35.5. The molecule has 33 heavy (non-hydrogen) atoms. The summed E-state index contributed by atoms with van der Waals surface area (Å²) in [6.45, 7) is 3.27. The van der Waals surface area contributed by atoms with Crippen LogP contribution in [0.1, 0.15) is 25.8 Å². The molecular weight excluding hydrogens is 509 g/mol. The fourth-order valence-corrected chi connectivity index (χ4v) is 4.98. The first kappa shape index (κ1) is 27.2. The fourth-order valence-electron chi connectivity index (χ4n) is 3.31. The van der Waals surface area contributed by atoms with E-state index in [0.717, 1.165) is 10.6 Å². The second kappa shape index (κ2) is 11.9. The van der Waals surface area contributed by atoms with Gasteiger partial charge in [-0.3, -0.25) is 13.9 Å². The van der Waals surface area contributed by atoms with Crippen molar-refractivity contribution in [2.24, 2.45) is 0 Å². The molecule has 0 spiro atoms. The van der Waals surface area contributed by atoms with E-state index in [-0.39, 0.29) is 23.2 Å². The largest absolute Gasteiger partial charge is 0.355 e. The number of carbonyl (C=O) groups excluding carboxylic acids is 2. The van der Waals surface area contributed by atoms with Crippen LogP contribution in [0.3, 0.4) is 0 Å². The van der Waals surface area contributed by atoms with Crippen molar-refractivity contribution in [1.29, 1.82) is 0 Å². The normalized spacial score (nSPS) is 12.2. The first-order valence-electron chi connectivity index (χ1n) is 10.2. The van der Waals surface area contributed by atoms with Crippen LogP contribution in [0, 0.1) is 0 Å². The molecule has 0 aromatic heterocycles. The zero-order valence-corrected chi connectivity index (χ0v) is 21.6. The van der Waals surface area contributed by atoms with Crippen molar-refractivity contribution in [2.75, 3.05) is 23.7 Å². The number of halogens is 3. The van der Waals surface area contributed by atoms with Crippen LogP contribution in [-0.4, -0.2) is 50.5 Å². The summed E-state index contributed by atoms with van der Waals surface area (Å²) in [4.78, 5) is 27.6. The van der Waals surface area contributed by atoms with Crippen molar-refractivity contribution in [1.82, 2.24) is 10.2 Å². The van der Waals surface area contributed by atoms with Gasteiger partial charge in [-0.05, 0) is 37.6 Å². The minimum absolute atomic E-state index is 0.0763. The second-order valence-electron chi connectivity index (χ2n) is 7.26. The van der Waals surface area contributed by atoms with E-state index < -0.39 is 28.5 Å². The van der Waals surface area contributed by atoms with E-state index >= 15 is 0 Å². The monoisotopic (exact) mass is 533 g/mol. The molecule has 0 aliphatic carbocycles.